The lowest BCUT2D eigenvalue weighted by atomic mass is 9.94. The van der Waals surface area contributed by atoms with Crippen LogP contribution < -0.4 is 5.32 Å². The van der Waals surface area contributed by atoms with Gasteiger partial charge in [0.05, 0.1) is 10.9 Å². The summed E-state index contributed by atoms with van der Waals surface area (Å²) in [6, 6.07) is 22.3. The van der Waals surface area contributed by atoms with Crippen molar-refractivity contribution in [3.8, 4) is 0 Å². The largest absolute Gasteiger partial charge is 0.341 e. The van der Waals surface area contributed by atoms with Crippen LogP contribution in [-0.4, -0.2) is 31.7 Å². The molecule has 1 N–H and O–H groups in total. The average Bonchev–Trinajstić information content (AvgIpc) is 2.84. The van der Waals surface area contributed by atoms with Crippen LogP contribution in [0.15, 0.2) is 77.7 Å². The van der Waals surface area contributed by atoms with Gasteiger partial charge in [0, 0.05) is 18.7 Å². The molecule has 1 heterocycles. The summed E-state index contributed by atoms with van der Waals surface area (Å²) in [6.45, 7) is 4.91. The summed E-state index contributed by atoms with van der Waals surface area (Å²) in [5.41, 5.74) is 4.16. The second kappa shape index (κ2) is 9.89. The summed E-state index contributed by atoms with van der Waals surface area (Å²) in [5.74, 6) is -0.291. The van der Waals surface area contributed by atoms with Crippen molar-refractivity contribution in [3.63, 3.8) is 0 Å². The molecule has 172 valence electrons. The number of amides is 1. The number of rotatable bonds is 6. The van der Waals surface area contributed by atoms with E-state index in [2.05, 4.69) is 5.32 Å². The van der Waals surface area contributed by atoms with E-state index in [1.54, 1.807) is 12.1 Å². The third-order valence-corrected chi connectivity index (χ3v) is 8.21. The van der Waals surface area contributed by atoms with Crippen LogP contribution in [0, 0.1) is 13.8 Å². The second-order valence-corrected chi connectivity index (χ2v) is 10.6. The predicted octanol–water partition coefficient (Wildman–Crippen LogP) is 5.00. The maximum absolute atomic E-state index is 13.5. The number of nitrogens with zero attached hydrogens (tertiary/aromatic N) is 1. The van der Waals surface area contributed by atoms with Gasteiger partial charge in [-0.3, -0.25) is 4.79 Å². The number of piperidine rings is 1. The Hall–Kier alpha value is -2.96. The lowest BCUT2D eigenvalue weighted by Crippen LogP contribution is -2.36. The summed E-state index contributed by atoms with van der Waals surface area (Å²) in [6.07, 6.45) is 2.79. The van der Waals surface area contributed by atoms with Crippen LogP contribution in [-0.2, 0) is 10.0 Å². The molecule has 0 spiro atoms. The Morgan fingerprint density at radius 3 is 2.21 bits per heavy atom. The van der Waals surface area contributed by atoms with Gasteiger partial charge < -0.3 is 5.32 Å². The van der Waals surface area contributed by atoms with E-state index in [1.165, 1.54) is 10.4 Å². The lowest BCUT2D eigenvalue weighted by Gasteiger charge is -2.26. The van der Waals surface area contributed by atoms with Crippen LogP contribution in [0.5, 0.6) is 0 Å². The molecule has 0 aliphatic carbocycles. The first-order chi connectivity index (χ1) is 15.9. The van der Waals surface area contributed by atoms with Gasteiger partial charge in [0.15, 0.2) is 0 Å². The van der Waals surface area contributed by atoms with E-state index >= 15 is 0 Å². The van der Waals surface area contributed by atoms with E-state index in [0.717, 1.165) is 41.5 Å². The normalized spacial score (nSPS) is 15.7. The van der Waals surface area contributed by atoms with Gasteiger partial charge in [0.1, 0.15) is 0 Å². The fourth-order valence-electron chi connectivity index (χ4n) is 4.37. The zero-order valence-electron chi connectivity index (χ0n) is 19.1. The van der Waals surface area contributed by atoms with Gasteiger partial charge in [-0.05, 0) is 61.1 Å². The van der Waals surface area contributed by atoms with Crippen molar-refractivity contribution in [2.45, 2.75) is 44.0 Å². The van der Waals surface area contributed by atoms with Crippen LogP contribution >= 0.6 is 0 Å². The molecule has 1 amide bonds. The molecule has 1 saturated heterocycles. The number of sulfonamides is 1. The summed E-state index contributed by atoms with van der Waals surface area (Å²) < 4.78 is 27.9. The molecule has 1 aliphatic rings. The number of hydrogen-bond acceptors (Lipinski definition) is 3. The standard InChI is InChI=1S/C27H30N2O3S/c1-20-11-7-8-14-24(20)26(22-12-5-3-6-13-22)28-27(30)25-19-23(16-15-21(25)2)33(31,32)29-17-9-4-10-18-29/h3,5-8,11-16,19,26H,4,9-10,17-18H2,1-2H3,(H,28,30)/t26-/m0/s1. The Balaban J connectivity index is 1.68. The molecule has 0 radical (unpaired) electrons. The Morgan fingerprint density at radius 2 is 1.52 bits per heavy atom. The van der Waals surface area contributed by atoms with Crippen LogP contribution in [0.4, 0.5) is 0 Å². The van der Waals surface area contributed by atoms with Gasteiger partial charge in [0.25, 0.3) is 5.91 Å². The van der Waals surface area contributed by atoms with Crippen molar-refractivity contribution in [2.75, 3.05) is 13.1 Å². The zero-order valence-corrected chi connectivity index (χ0v) is 19.9. The zero-order chi connectivity index (χ0) is 23.4. The summed E-state index contributed by atoms with van der Waals surface area (Å²) in [5, 5.41) is 3.16. The first-order valence-corrected chi connectivity index (χ1v) is 12.8. The molecule has 3 aromatic carbocycles. The molecule has 0 aromatic heterocycles. The third-order valence-electron chi connectivity index (χ3n) is 6.31. The van der Waals surface area contributed by atoms with Crippen LogP contribution in [0.3, 0.4) is 0 Å². The third kappa shape index (κ3) is 5.02. The Labute approximate surface area is 196 Å². The molecule has 5 nitrogen and oxygen atoms in total. The maximum Gasteiger partial charge on any atom is 0.252 e. The lowest BCUT2D eigenvalue weighted by molar-refractivity contribution is 0.0942. The molecule has 3 aromatic rings. The van der Waals surface area contributed by atoms with E-state index in [-0.39, 0.29) is 16.8 Å². The Kier molecular flexibility index (Phi) is 6.96. The van der Waals surface area contributed by atoms with Crippen molar-refractivity contribution >= 4 is 15.9 Å². The van der Waals surface area contributed by atoms with E-state index in [9.17, 15) is 13.2 Å². The first-order valence-electron chi connectivity index (χ1n) is 11.4. The molecule has 0 saturated carbocycles. The minimum Gasteiger partial charge on any atom is -0.341 e. The number of carbonyl (C=O) groups excluding carboxylic acids is 1. The molecule has 0 bridgehead atoms. The molecule has 6 heteroatoms. The number of hydrogen-bond donors (Lipinski definition) is 1. The predicted molar refractivity (Wildman–Crippen MR) is 131 cm³/mol. The quantitative estimate of drug-likeness (QED) is 0.561. The van der Waals surface area contributed by atoms with Gasteiger partial charge in [-0.25, -0.2) is 8.42 Å². The van der Waals surface area contributed by atoms with Crippen molar-refractivity contribution < 1.29 is 13.2 Å². The smallest absolute Gasteiger partial charge is 0.252 e. The van der Waals surface area contributed by atoms with Gasteiger partial charge in [-0.15, -0.1) is 0 Å². The molecule has 0 unspecified atom stereocenters. The van der Waals surface area contributed by atoms with Gasteiger partial charge in [-0.1, -0.05) is 67.1 Å². The topological polar surface area (TPSA) is 66.5 Å². The average molecular weight is 463 g/mol. The molecule has 1 atom stereocenters. The fourth-order valence-corrected chi connectivity index (χ4v) is 5.91. The molecular formula is C27H30N2O3S. The number of carbonyl (C=O) groups is 1. The Morgan fingerprint density at radius 1 is 0.848 bits per heavy atom. The fraction of sp³-hybridized carbons (Fsp3) is 0.296. The van der Waals surface area contributed by atoms with Gasteiger partial charge >= 0.3 is 0 Å². The van der Waals surface area contributed by atoms with Gasteiger partial charge in [-0.2, -0.15) is 4.31 Å². The number of aryl methyl sites for hydroxylation is 2. The van der Waals surface area contributed by atoms with Crippen molar-refractivity contribution in [3.05, 3.63) is 101 Å². The molecule has 1 fully saturated rings. The molecule has 1 aliphatic heterocycles. The van der Waals surface area contributed by atoms with E-state index in [4.69, 9.17) is 0 Å². The van der Waals surface area contributed by atoms with E-state index in [0.29, 0.717) is 18.7 Å². The highest BCUT2D eigenvalue weighted by molar-refractivity contribution is 7.89. The maximum atomic E-state index is 13.5. The summed E-state index contributed by atoms with van der Waals surface area (Å²) in [7, 11) is -3.62. The van der Waals surface area contributed by atoms with Crippen LogP contribution in [0.25, 0.3) is 0 Å². The van der Waals surface area contributed by atoms with Gasteiger partial charge in [0.2, 0.25) is 10.0 Å². The molecule has 33 heavy (non-hydrogen) atoms. The van der Waals surface area contributed by atoms with Crippen LogP contribution in [0.2, 0.25) is 0 Å². The Bertz CT molecular complexity index is 1230. The minimum atomic E-state index is -3.62. The number of nitrogens with one attached hydrogen (secondary N) is 1. The highest BCUT2D eigenvalue weighted by Gasteiger charge is 2.28. The van der Waals surface area contributed by atoms with E-state index in [1.807, 2.05) is 68.4 Å². The van der Waals surface area contributed by atoms with E-state index < -0.39 is 10.0 Å². The summed E-state index contributed by atoms with van der Waals surface area (Å²) in [4.78, 5) is 13.6. The number of benzene rings is 3. The molecular weight excluding hydrogens is 432 g/mol. The highest BCUT2D eigenvalue weighted by atomic mass is 32.2. The van der Waals surface area contributed by atoms with Crippen molar-refractivity contribution in [1.29, 1.82) is 0 Å². The highest BCUT2D eigenvalue weighted by Crippen LogP contribution is 2.27. The SMILES string of the molecule is Cc1ccc(S(=O)(=O)N2CCCCC2)cc1C(=O)N[C@@H](c1ccccc1)c1ccccc1C. The summed E-state index contributed by atoms with van der Waals surface area (Å²) >= 11 is 0. The van der Waals surface area contributed by atoms with Crippen molar-refractivity contribution in [2.24, 2.45) is 0 Å². The van der Waals surface area contributed by atoms with Crippen molar-refractivity contribution in [1.82, 2.24) is 9.62 Å². The van der Waals surface area contributed by atoms with Crippen LogP contribution in [0.1, 0.15) is 57.9 Å². The molecule has 4 rings (SSSR count). The minimum absolute atomic E-state index is 0.173. The monoisotopic (exact) mass is 462 g/mol. The second-order valence-electron chi connectivity index (χ2n) is 8.62. The first kappa shape index (κ1) is 23.2.